The molecule has 0 spiro atoms. The van der Waals surface area contributed by atoms with Gasteiger partial charge in [0, 0.05) is 56.2 Å². The lowest BCUT2D eigenvalue weighted by atomic mass is 10.2. The van der Waals surface area contributed by atoms with E-state index in [0.29, 0.717) is 43.3 Å². The second-order valence-electron chi connectivity index (χ2n) is 7.30. The molecule has 0 N–H and O–H groups in total. The third-order valence-corrected chi connectivity index (χ3v) is 7.26. The largest absolute Gasteiger partial charge is 0.354 e. The predicted molar refractivity (Wildman–Crippen MR) is 117 cm³/mol. The molecular formula is C21H21N7O2S. The number of anilines is 1. The fraction of sp³-hybridized carbons (Fsp3) is 0.238. The average molecular weight is 436 g/mol. The molecule has 0 bridgehead atoms. The van der Waals surface area contributed by atoms with E-state index in [1.165, 1.54) is 4.31 Å². The molecule has 0 unspecified atom stereocenters. The Hall–Kier alpha value is -3.37. The normalized spacial score (nSPS) is 15.5. The summed E-state index contributed by atoms with van der Waals surface area (Å²) in [5.41, 5.74) is 0.503. The summed E-state index contributed by atoms with van der Waals surface area (Å²) in [6, 6.07) is 12.6. The van der Waals surface area contributed by atoms with Crippen LogP contribution in [0.2, 0.25) is 0 Å². The first-order valence-corrected chi connectivity index (χ1v) is 11.4. The Morgan fingerprint density at radius 1 is 0.903 bits per heavy atom. The molecule has 5 rings (SSSR count). The summed E-state index contributed by atoms with van der Waals surface area (Å²) in [4.78, 5) is 15.6. The van der Waals surface area contributed by atoms with Gasteiger partial charge in [-0.2, -0.15) is 9.40 Å². The summed E-state index contributed by atoms with van der Waals surface area (Å²) >= 11 is 0. The van der Waals surface area contributed by atoms with Gasteiger partial charge in [0.15, 0.2) is 5.82 Å². The van der Waals surface area contributed by atoms with Gasteiger partial charge < -0.3 is 4.90 Å². The topological polar surface area (TPSA) is 97.1 Å². The number of sulfonamides is 1. The second kappa shape index (κ2) is 7.71. The van der Waals surface area contributed by atoms with E-state index in [1.807, 2.05) is 37.4 Å². The van der Waals surface area contributed by atoms with Gasteiger partial charge in [-0.15, -0.1) is 0 Å². The van der Waals surface area contributed by atoms with Crippen LogP contribution in [0.15, 0.2) is 66.0 Å². The zero-order valence-corrected chi connectivity index (χ0v) is 17.8. The van der Waals surface area contributed by atoms with Crippen LogP contribution < -0.4 is 4.90 Å². The molecule has 9 nitrogen and oxygen atoms in total. The number of pyridine rings is 1. The van der Waals surface area contributed by atoms with Crippen molar-refractivity contribution in [3.63, 3.8) is 0 Å². The molecule has 1 saturated heterocycles. The molecule has 158 valence electrons. The van der Waals surface area contributed by atoms with Gasteiger partial charge in [-0.1, -0.05) is 18.2 Å². The van der Waals surface area contributed by atoms with E-state index in [9.17, 15) is 8.42 Å². The molecule has 0 aliphatic carbocycles. The molecule has 1 aliphatic heterocycles. The van der Waals surface area contributed by atoms with Crippen molar-refractivity contribution in [3.05, 3.63) is 66.9 Å². The lowest BCUT2D eigenvalue weighted by Gasteiger charge is -2.34. The van der Waals surface area contributed by atoms with E-state index in [2.05, 4.69) is 25.0 Å². The van der Waals surface area contributed by atoms with Crippen LogP contribution in [0.3, 0.4) is 0 Å². The van der Waals surface area contributed by atoms with E-state index in [1.54, 1.807) is 35.3 Å². The van der Waals surface area contributed by atoms with Gasteiger partial charge in [0.25, 0.3) is 0 Å². The fourth-order valence-corrected chi connectivity index (χ4v) is 5.39. The number of hydrogen-bond acceptors (Lipinski definition) is 7. The highest BCUT2D eigenvalue weighted by atomic mass is 32.2. The summed E-state index contributed by atoms with van der Waals surface area (Å²) in [5, 5.41) is 5.04. The molecule has 0 amide bonds. The Balaban J connectivity index is 1.38. The maximum absolute atomic E-state index is 13.3. The van der Waals surface area contributed by atoms with Crippen LogP contribution in [0, 0.1) is 6.92 Å². The summed E-state index contributed by atoms with van der Waals surface area (Å²) in [6.45, 7) is 3.64. The Morgan fingerprint density at radius 2 is 1.68 bits per heavy atom. The molecule has 4 heterocycles. The van der Waals surface area contributed by atoms with Gasteiger partial charge in [-0.05, 0) is 25.1 Å². The number of benzene rings is 1. The minimum atomic E-state index is -3.65. The number of hydrogen-bond donors (Lipinski definition) is 0. The Kier molecular flexibility index (Phi) is 4.87. The van der Waals surface area contributed by atoms with Gasteiger partial charge in [0.2, 0.25) is 10.0 Å². The molecule has 1 aliphatic rings. The van der Waals surface area contributed by atoms with Gasteiger partial charge >= 0.3 is 0 Å². The molecule has 4 aromatic rings. The average Bonchev–Trinajstić information content (AvgIpc) is 3.33. The van der Waals surface area contributed by atoms with E-state index in [-0.39, 0.29) is 4.90 Å². The first kappa shape index (κ1) is 19.6. The maximum atomic E-state index is 13.3. The zero-order valence-electron chi connectivity index (χ0n) is 17.0. The van der Waals surface area contributed by atoms with E-state index >= 15 is 0 Å². The number of aromatic nitrogens is 5. The Bertz CT molecular complexity index is 1330. The van der Waals surface area contributed by atoms with Crippen LogP contribution >= 0.6 is 0 Å². The van der Waals surface area contributed by atoms with Crippen LogP contribution in [0.5, 0.6) is 0 Å². The highest BCUT2D eigenvalue weighted by molar-refractivity contribution is 7.89. The van der Waals surface area contributed by atoms with Crippen LogP contribution in [0.1, 0.15) is 5.82 Å². The standard InChI is InChI=1S/C21H21N7O2S/c1-16-24-19(15-20(25-16)28-10-4-9-23-28)26-11-13-27(14-12-26)31(29,30)18-7-2-5-17-6-3-8-22-21(17)18/h2-10,15H,11-14H2,1H3. The highest BCUT2D eigenvalue weighted by Gasteiger charge is 2.30. The van der Waals surface area contributed by atoms with Crippen molar-refractivity contribution in [3.8, 4) is 5.82 Å². The van der Waals surface area contributed by atoms with Crippen molar-refractivity contribution in [1.82, 2.24) is 29.0 Å². The molecular weight excluding hydrogens is 414 g/mol. The summed E-state index contributed by atoms with van der Waals surface area (Å²) in [6.07, 6.45) is 5.14. The number of nitrogens with zero attached hydrogens (tertiary/aromatic N) is 7. The van der Waals surface area contributed by atoms with E-state index < -0.39 is 10.0 Å². The van der Waals surface area contributed by atoms with E-state index in [4.69, 9.17) is 0 Å². The smallest absolute Gasteiger partial charge is 0.245 e. The fourth-order valence-electron chi connectivity index (χ4n) is 3.80. The maximum Gasteiger partial charge on any atom is 0.245 e. The third kappa shape index (κ3) is 3.64. The molecule has 0 radical (unpaired) electrons. The SMILES string of the molecule is Cc1nc(N2CCN(S(=O)(=O)c3cccc4cccnc34)CC2)cc(-n2cccn2)n1. The Morgan fingerprint density at radius 3 is 2.45 bits per heavy atom. The number of aryl methyl sites for hydroxylation is 1. The Labute approximate surface area is 180 Å². The van der Waals surface area contributed by atoms with Gasteiger partial charge in [0.05, 0.1) is 5.52 Å². The summed E-state index contributed by atoms with van der Waals surface area (Å²) in [7, 11) is -3.65. The van der Waals surface area contributed by atoms with Crippen molar-refractivity contribution < 1.29 is 8.42 Å². The van der Waals surface area contributed by atoms with Crippen molar-refractivity contribution in [2.75, 3.05) is 31.1 Å². The second-order valence-corrected chi connectivity index (χ2v) is 9.21. The first-order chi connectivity index (χ1) is 15.0. The van der Waals surface area contributed by atoms with Crippen molar-refractivity contribution in [2.24, 2.45) is 0 Å². The predicted octanol–water partition coefficient (Wildman–Crippen LogP) is 2.03. The number of fused-ring (bicyclic) bond motifs is 1. The van der Waals surface area contributed by atoms with Crippen molar-refractivity contribution >= 4 is 26.7 Å². The lowest BCUT2D eigenvalue weighted by molar-refractivity contribution is 0.384. The molecule has 31 heavy (non-hydrogen) atoms. The minimum absolute atomic E-state index is 0.248. The van der Waals surface area contributed by atoms with E-state index in [0.717, 1.165) is 11.2 Å². The monoisotopic (exact) mass is 435 g/mol. The van der Waals surface area contributed by atoms with Crippen LogP contribution in [-0.2, 0) is 10.0 Å². The third-order valence-electron chi connectivity index (χ3n) is 5.33. The molecule has 0 atom stereocenters. The van der Waals surface area contributed by atoms with Crippen molar-refractivity contribution in [2.45, 2.75) is 11.8 Å². The molecule has 0 saturated carbocycles. The first-order valence-electron chi connectivity index (χ1n) is 9.97. The van der Waals surface area contributed by atoms with Crippen molar-refractivity contribution in [1.29, 1.82) is 0 Å². The molecule has 3 aromatic heterocycles. The minimum Gasteiger partial charge on any atom is -0.354 e. The van der Waals surface area contributed by atoms with Crippen LogP contribution in [-0.4, -0.2) is 63.6 Å². The quantitative estimate of drug-likeness (QED) is 0.484. The van der Waals surface area contributed by atoms with Gasteiger partial charge in [-0.3, -0.25) is 4.98 Å². The molecule has 1 fully saturated rings. The highest BCUT2D eigenvalue weighted by Crippen LogP contribution is 2.26. The van der Waals surface area contributed by atoms with Crippen LogP contribution in [0.4, 0.5) is 5.82 Å². The lowest BCUT2D eigenvalue weighted by Crippen LogP contribution is -2.49. The zero-order chi connectivity index (χ0) is 21.4. The number of rotatable bonds is 4. The molecule has 10 heteroatoms. The van der Waals surface area contributed by atoms with Gasteiger partial charge in [-0.25, -0.2) is 23.1 Å². The summed E-state index contributed by atoms with van der Waals surface area (Å²) in [5.74, 6) is 2.09. The summed E-state index contributed by atoms with van der Waals surface area (Å²) < 4.78 is 29.9. The molecule has 1 aromatic carbocycles. The number of para-hydroxylation sites is 1. The number of piperazine rings is 1. The van der Waals surface area contributed by atoms with Gasteiger partial charge in [0.1, 0.15) is 16.5 Å². The van der Waals surface area contributed by atoms with Crippen LogP contribution in [0.25, 0.3) is 16.7 Å².